The largest absolute Gasteiger partial charge is 0.267 e. The molecule has 1 fully saturated rings. The summed E-state index contributed by atoms with van der Waals surface area (Å²) < 4.78 is 26.4. The van der Waals surface area contributed by atoms with Gasteiger partial charge < -0.3 is 0 Å². The van der Waals surface area contributed by atoms with Crippen molar-refractivity contribution < 1.29 is 12.6 Å². The Morgan fingerprint density at radius 3 is 2.73 bits per heavy atom. The van der Waals surface area contributed by atoms with Gasteiger partial charge in [-0.05, 0) is 13.3 Å². The molecule has 0 radical (unpaired) electrons. The third kappa shape index (κ3) is 1.95. The van der Waals surface area contributed by atoms with Gasteiger partial charge in [-0.2, -0.15) is 8.42 Å². The Labute approximate surface area is 66.9 Å². The number of rotatable bonds is 0. The van der Waals surface area contributed by atoms with Crippen LogP contribution in [-0.2, 0) is 14.3 Å². The van der Waals surface area contributed by atoms with Gasteiger partial charge in [0.15, 0.2) is 0 Å². The SMILES string of the molecule is C#CC1CCS(=O)(=O)OC1C. The zero-order chi connectivity index (χ0) is 8.48. The van der Waals surface area contributed by atoms with Gasteiger partial charge in [0.2, 0.25) is 0 Å². The molecule has 2 unspecified atom stereocenters. The molecular formula is C7H10O3S. The van der Waals surface area contributed by atoms with Gasteiger partial charge in [-0.15, -0.1) is 12.3 Å². The van der Waals surface area contributed by atoms with Gasteiger partial charge in [0.05, 0.1) is 11.9 Å². The third-order valence-corrected chi connectivity index (χ3v) is 3.09. The first-order valence-corrected chi connectivity index (χ1v) is 5.00. The van der Waals surface area contributed by atoms with Crippen molar-refractivity contribution in [1.29, 1.82) is 0 Å². The number of terminal acetylenes is 1. The lowest BCUT2D eigenvalue weighted by Gasteiger charge is -2.24. The van der Waals surface area contributed by atoms with Crippen LogP contribution in [0.25, 0.3) is 0 Å². The van der Waals surface area contributed by atoms with E-state index in [1.165, 1.54) is 0 Å². The minimum atomic E-state index is -3.27. The van der Waals surface area contributed by atoms with E-state index in [-0.39, 0.29) is 17.8 Å². The van der Waals surface area contributed by atoms with Gasteiger partial charge in [0.1, 0.15) is 0 Å². The second-order valence-corrected chi connectivity index (χ2v) is 4.34. The monoisotopic (exact) mass is 174 g/mol. The third-order valence-electron chi connectivity index (χ3n) is 1.76. The molecule has 2 atom stereocenters. The van der Waals surface area contributed by atoms with Crippen molar-refractivity contribution in [1.82, 2.24) is 0 Å². The highest BCUT2D eigenvalue weighted by Gasteiger charge is 2.29. The molecule has 3 nitrogen and oxygen atoms in total. The average molecular weight is 174 g/mol. The summed E-state index contributed by atoms with van der Waals surface area (Å²) in [7, 11) is -3.27. The van der Waals surface area contributed by atoms with Crippen molar-refractivity contribution in [3.8, 4) is 12.3 Å². The Balaban J connectivity index is 2.71. The zero-order valence-corrected chi connectivity index (χ0v) is 7.10. The highest BCUT2D eigenvalue weighted by atomic mass is 32.2. The molecule has 0 amide bonds. The molecule has 1 saturated heterocycles. The maximum Gasteiger partial charge on any atom is 0.267 e. The Kier molecular flexibility index (Phi) is 2.21. The van der Waals surface area contributed by atoms with Crippen molar-refractivity contribution in [3.05, 3.63) is 0 Å². The predicted molar refractivity (Wildman–Crippen MR) is 41.3 cm³/mol. The first-order valence-electron chi connectivity index (χ1n) is 3.42. The quantitative estimate of drug-likeness (QED) is 0.394. The van der Waals surface area contributed by atoms with Gasteiger partial charge >= 0.3 is 0 Å². The van der Waals surface area contributed by atoms with Gasteiger partial charge in [-0.1, -0.05) is 0 Å². The molecular weight excluding hydrogens is 164 g/mol. The summed E-state index contributed by atoms with van der Waals surface area (Å²) in [5.74, 6) is 2.49. The van der Waals surface area contributed by atoms with Gasteiger partial charge in [-0.25, -0.2) is 0 Å². The van der Waals surface area contributed by atoms with Crippen LogP contribution in [0.1, 0.15) is 13.3 Å². The molecule has 11 heavy (non-hydrogen) atoms. The van der Waals surface area contributed by atoms with E-state index in [1.807, 2.05) is 0 Å². The van der Waals surface area contributed by atoms with E-state index in [1.54, 1.807) is 6.92 Å². The Morgan fingerprint density at radius 2 is 2.27 bits per heavy atom. The summed E-state index contributed by atoms with van der Waals surface area (Å²) in [6.45, 7) is 1.68. The minimum Gasteiger partial charge on any atom is -0.266 e. The van der Waals surface area contributed by atoms with Crippen LogP contribution in [-0.4, -0.2) is 20.3 Å². The molecule has 0 aromatic rings. The molecule has 0 N–H and O–H groups in total. The first kappa shape index (κ1) is 8.57. The molecule has 0 bridgehead atoms. The van der Waals surface area contributed by atoms with Crippen molar-refractivity contribution in [2.45, 2.75) is 19.4 Å². The van der Waals surface area contributed by atoms with Crippen LogP contribution in [0.15, 0.2) is 0 Å². The van der Waals surface area contributed by atoms with Crippen LogP contribution in [0.3, 0.4) is 0 Å². The molecule has 1 rings (SSSR count). The normalized spacial score (nSPS) is 36.0. The van der Waals surface area contributed by atoms with Crippen LogP contribution in [0.4, 0.5) is 0 Å². The van der Waals surface area contributed by atoms with E-state index in [0.29, 0.717) is 6.42 Å². The van der Waals surface area contributed by atoms with E-state index >= 15 is 0 Å². The van der Waals surface area contributed by atoms with Crippen LogP contribution in [0.2, 0.25) is 0 Å². The number of hydrogen-bond donors (Lipinski definition) is 0. The topological polar surface area (TPSA) is 43.4 Å². The molecule has 1 aliphatic heterocycles. The second-order valence-electron chi connectivity index (χ2n) is 2.62. The fraction of sp³-hybridized carbons (Fsp3) is 0.714. The fourth-order valence-electron chi connectivity index (χ4n) is 1.07. The summed E-state index contributed by atoms with van der Waals surface area (Å²) >= 11 is 0. The summed E-state index contributed by atoms with van der Waals surface area (Å²) in [6, 6.07) is 0. The Bertz CT molecular complexity index is 273. The molecule has 4 heteroatoms. The molecule has 1 aliphatic rings. The Hall–Kier alpha value is -0.530. The van der Waals surface area contributed by atoms with E-state index < -0.39 is 10.1 Å². The maximum atomic E-state index is 10.8. The van der Waals surface area contributed by atoms with Crippen molar-refractivity contribution in [2.75, 3.05) is 5.75 Å². The average Bonchev–Trinajstić information content (AvgIpc) is 1.86. The zero-order valence-electron chi connectivity index (χ0n) is 6.28. The standard InChI is InChI=1S/C7H10O3S/c1-3-7-4-5-11(8,9)10-6(7)2/h1,6-7H,4-5H2,2H3. The molecule has 0 aromatic heterocycles. The van der Waals surface area contributed by atoms with E-state index in [2.05, 4.69) is 5.92 Å². The fourth-order valence-corrected chi connectivity index (χ4v) is 2.31. The van der Waals surface area contributed by atoms with E-state index in [0.717, 1.165) is 0 Å². The van der Waals surface area contributed by atoms with E-state index in [9.17, 15) is 8.42 Å². The Morgan fingerprint density at radius 1 is 1.64 bits per heavy atom. The highest BCUT2D eigenvalue weighted by molar-refractivity contribution is 7.86. The van der Waals surface area contributed by atoms with Gasteiger partial charge in [0.25, 0.3) is 10.1 Å². The van der Waals surface area contributed by atoms with Gasteiger partial charge in [-0.3, -0.25) is 4.18 Å². The minimum absolute atomic E-state index is 0.0478. The summed E-state index contributed by atoms with van der Waals surface area (Å²) in [6.07, 6.45) is 5.31. The summed E-state index contributed by atoms with van der Waals surface area (Å²) in [5, 5.41) is 0. The number of hydrogen-bond acceptors (Lipinski definition) is 3. The molecule has 0 aliphatic carbocycles. The molecule has 1 heterocycles. The lowest BCUT2D eigenvalue weighted by molar-refractivity contribution is 0.167. The van der Waals surface area contributed by atoms with E-state index in [4.69, 9.17) is 10.6 Å². The molecule has 62 valence electrons. The van der Waals surface area contributed by atoms with Crippen molar-refractivity contribution in [3.63, 3.8) is 0 Å². The molecule has 0 spiro atoms. The summed E-state index contributed by atoms with van der Waals surface area (Å²) in [4.78, 5) is 0. The van der Waals surface area contributed by atoms with Crippen molar-refractivity contribution >= 4 is 10.1 Å². The van der Waals surface area contributed by atoms with Crippen molar-refractivity contribution in [2.24, 2.45) is 5.92 Å². The lowest BCUT2D eigenvalue weighted by atomic mass is 10.0. The smallest absolute Gasteiger partial charge is 0.266 e. The van der Waals surface area contributed by atoms with Crippen LogP contribution in [0.5, 0.6) is 0 Å². The predicted octanol–water partition coefficient (Wildman–Crippen LogP) is 0.374. The lowest BCUT2D eigenvalue weighted by Crippen LogP contribution is -2.32. The second kappa shape index (κ2) is 2.84. The maximum absolute atomic E-state index is 10.8. The molecule has 0 aromatic carbocycles. The highest BCUT2D eigenvalue weighted by Crippen LogP contribution is 2.21. The van der Waals surface area contributed by atoms with Crippen LogP contribution >= 0.6 is 0 Å². The molecule has 0 saturated carbocycles. The van der Waals surface area contributed by atoms with Gasteiger partial charge in [0, 0.05) is 5.92 Å². The van der Waals surface area contributed by atoms with Crippen LogP contribution < -0.4 is 0 Å². The van der Waals surface area contributed by atoms with Crippen LogP contribution in [0, 0.1) is 18.3 Å². The first-order chi connectivity index (χ1) is 5.05. The summed E-state index contributed by atoms with van der Waals surface area (Å²) in [5.41, 5.74) is 0.